The smallest absolute Gasteiger partial charge is 0.262 e. The predicted octanol–water partition coefficient (Wildman–Crippen LogP) is 3.37. The number of halogens is 1. The van der Waals surface area contributed by atoms with Crippen molar-refractivity contribution in [1.29, 1.82) is 0 Å². The highest BCUT2D eigenvalue weighted by molar-refractivity contribution is 6.30. The van der Waals surface area contributed by atoms with Crippen LogP contribution in [0, 0.1) is 6.92 Å². The van der Waals surface area contributed by atoms with Gasteiger partial charge in [0.05, 0.1) is 0 Å². The van der Waals surface area contributed by atoms with Gasteiger partial charge < -0.3 is 15.0 Å². The second-order valence-electron chi connectivity index (χ2n) is 5.47. The van der Waals surface area contributed by atoms with E-state index < -0.39 is 0 Å². The highest BCUT2D eigenvalue weighted by Crippen LogP contribution is 2.20. The van der Waals surface area contributed by atoms with Crippen LogP contribution in [0.5, 0.6) is 5.75 Å². The van der Waals surface area contributed by atoms with Gasteiger partial charge in [-0.25, -0.2) is 0 Å². The van der Waals surface area contributed by atoms with Crippen molar-refractivity contribution in [3.8, 4) is 5.75 Å². The van der Waals surface area contributed by atoms with Gasteiger partial charge in [-0.1, -0.05) is 23.7 Å². The largest absolute Gasteiger partial charge is 0.484 e. The lowest BCUT2D eigenvalue weighted by Crippen LogP contribution is -2.24. The van der Waals surface area contributed by atoms with Crippen molar-refractivity contribution >= 4 is 29.1 Å². The first kappa shape index (κ1) is 17.8. The van der Waals surface area contributed by atoms with Crippen LogP contribution in [0.25, 0.3) is 0 Å². The van der Waals surface area contributed by atoms with Crippen molar-refractivity contribution in [2.45, 2.75) is 6.92 Å². The molecule has 0 saturated heterocycles. The molecule has 1 N–H and O–H groups in total. The van der Waals surface area contributed by atoms with E-state index in [1.54, 1.807) is 63.5 Å². The first-order valence-electron chi connectivity index (χ1n) is 7.38. The van der Waals surface area contributed by atoms with Gasteiger partial charge in [-0.3, -0.25) is 9.59 Å². The van der Waals surface area contributed by atoms with Crippen molar-refractivity contribution in [2.24, 2.45) is 0 Å². The summed E-state index contributed by atoms with van der Waals surface area (Å²) < 4.78 is 5.40. The van der Waals surface area contributed by atoms with Crippen LogP contribution in [0.15, 0.2) is 42.5 Å². The maximum Gasteiger partial charge on any atom is 0.262 e. The zero-order valence-corrected chi connectivity index (χ0v) is 14.6. The number of carbonyl (C=O) groups is 2. The van der Waals surface area contributed by atoms with Crippen LogP contribution in [0.3, 0.4) is 0 Å². The van der Waals surface area contributed by atoms with E-state index in [0.717, 1.165) is 0 Å². The lowest BCUT2D eigenvalue weighted by Gasteiger charge is -2.15. The molecule has 0 radical (unpaired) electrons. The van der Waals surface area contributed by atoms with E-state index in [1.807, 2.05) is 0 Å². The molecule has 0 spiro atoms. The van der Waals surface area contributed by atoms with E-state index in [2.05, 4.69) is 5.32 Å². The van der Waals surface area contributed by atoms with Crippen molar-refractivity contribution in [3.05, 3.63) is 58.6 Å². The molecule has 0 fully saturated rings. The van der Waals surface area contributed by atoms with Gasteiger partial charge in [0, 0.05) is 30.4 Å². The minimum Gasteiger partial charge on any atom is -0.484 e. The third-order valence-corrected chi connectivity index (χ3v) is 3.65. The Morgan fingerprint density at radius 1 is 1.17 bits per heavy atom. The SMILES string of the molecule is Cc1c(NC(=O)COc2cccc(Cl)c2)cccc1C(=O)N(C)C. The molecule has 0 heterocycles. The van der Waals surface area contributed by atoms with Crippen molar-refractivity contribution in [1.82, 2.24) is 4.90 Å². The number of hydrogen-bond acceptors (Lipinski definition) is 3. The summed E-state index contributed by atoms with van der Waals surface area (Å²) in [6, 6.07) is 12.0. The van der Waals surface area contributed by atoms with Crippen molar-refractivity contribution in [3.63, 3.8) is 0 Å². The number of carbonyl (C=O) groups excluding carboxylic acids is 2. The van der Waals surface area contributed by atoms with Gasteiger partial charge in [0.25, 0.3) is 11.8 Å². The van der Waals surface area contributed by atoms with Crippen LogP contribution < -0.4 is 10.1 Å². The molecule has 2 rings (SSSR count). The van der Waals surface area contributed by atoms with Crippen molar-refractivity contribution < 1.29 is 14.3 Å². The fourth-order valence-corrected chi connectivity index (χ4v) is 2.32. The number of nitrogens with zero attached hydrogens (tertiary/aromatic N) is 1. The molecule has 126 valence electrons. The van der Waals surface area contributed by atoms with E-state index in [9.17, 15) is 9.59 Å². The molecule has 0 bridgehead atoms. The molecule has 2 aromatic carbocycles. The average molecular weight is 347 g/mol. The predicted molar refractivity (Wildman–Crippen MR) is 94.8 cm³/mol. The first-order chi connectivity index (χ1) is 11.4. The standard InChI is InChI=1S/C18H19ClN2O3/c1-12-15(18(23)21(2)3)8-5-9-16(12)20-17(22)11-24-14-7-4-6-13(19)10-14/h4-10H,11H2,1-3H3,(H,20,22). The molecule has 0 unspecified atom stereocenters. The van der Waals surface area contributed by atoms with Crippen LogP contribution >= 0.6 is 11.6 Å². The Hall–Kier alpha value is -2.53. The Morgan fingerprint density at radius 2 is 1.88 bits per heavy atom. The molecule has 5 nitrogen and oxygen atoms in total. The number of rotatable bonds is 5. The van der Waals surface area contributed by atoms with Crippen LogP contribution in [-0.2, 0) is 4.79 Å². The Kier molecular flexibility index (Phi) is 5.82. The van der Waals surface area contributed by atoms with Crippen LogP contribution in [0.4, 0.5) is 5.69 Å². The molecule has 24 heavy (non-hydrogen) atoms. The number of hydrogen-bond donors (Lipinski definition) is 1. The van der Waals surface area contributed by atoms with E-state index in [1.165, 1.54) is 4.90 Å². The summed E-state index contributed by atoms with van der Waals surface area (Å²) in [4.78, 5) is 25.7. The van der Waals surface area contributed by atoms with Crippen LogP contribution in [-0.4, -0.2) is 37.4 Å². The fraction of sp³-hybridized carbons (Fsp3) is 0.222. The molecule has 0 aliphatic heterocycles. The Bertz CT molecular complexity index is 760. The summed E-state index contributed by atoms with van der Waals surface area (Å²) in [6.45, 7) is 1.65. The summed E-state index contributed by atoms with van der Waals surface area (Å²) in [5.74, 6) is 0.0946. The van der Waals surface area contributed by atoms with Crippen molar-refractivity contribution in [2.75, 3.05) is 26.0 Å². The van der Waals surface area contributed by atoms with Gasteiger partial charge in [0.2, 0.25) is 0 Å². The molecule has 0 atom stereocenters. The number of ether oxygens (including phenoxy) is 1. The van der Waals surface area contributed by atoms with Gasteiger partial charge in [0.1, 0.15) is 5.75 Å². The number of benzene rings is 2. The minimum atomic E-state index is -0.312. The quantitative estimate of drug-likeness (QED) is 0.903. The van der Waals surface area contributed by atoms with Gasteiger partial charge in [-0.05, 0) is 42.8 Å². The van der Waals surface area contributed by atoms with Gasteiger partial charge in [-0.15, -0.1) is 0 Å². The van der Waals surface area contributed by atoms with Crippen LogP contribution in [0.1, 0.15) is 15.9 Å². The Labute approximate surface area is 146 Å². The van der Waals surface area contributed by atoms with E-state index in [4.69, 9.17) is 16.3 Å². The normalized spacial score (nSPS) is 10.2. The molecule has 0 aromatic heterocycles. The Balaban J connectivity index is 2.04. The average Bonchev–Trinajstić information content (AvgIpc) is 2.54. The van der Waals surface area contributed by atoms with Gasteiger partial charge >= 0.3 is 0 Å². The zero-order chi connectivity index (χ0) is 17.7. The van der Waals surface area contributed by atoms with Gasteiger partial charge in [-0.2, -0.15) is 0 Å². The minimum absolute atomic E-state index is 0.112. The fourth-order valence-electron chi connectivity index (χ4n) is 2.14. The lowest BCUT2D eigenvalue weighted by molar-refractivity contribution is -0.118. The second kappa shape index (κ2) is 7.84. The van der Waals surface area contributed by atoms with Gasteiger partial charge in [0.15, 0.2) is 6.61 Å². The topological polar surface area (TPSA) is 58.6 Å². The maximum atomic E-state index is 12.1. The maximum absolute atomic E-state index is 12.1. The third-order valence-electron chi connectivity index (χ3n) is 3.41. The third kappa shape index (κ3) is 4.49. The summed E-state index contributed by atoms with van der Waals surface area (Å²) in [5.41, 5.74) is 1.85. The zero-order valence-electron chi connectivity index (χ0n) is 13.8. The molecule has 0 aliphatic carbocycles. The summed E-state index contributed by atoms with van der Waals surface area (Å²) >= 11 is 5.87. The van der Waals surface area contributed by atoms with E-state index in [-0.39, 0.29) is 18.4 Å². The number of amides is 2. The molecule has 0 aliphatic rings. The summed E-state index contributed by atoms with van der Waals surface area (Å²) in [6.07, 6.45) is 0. The molecule has 6 heteroatoms. The van der Waals surface area contributed by atoms with E-state index >= 15 is 0 Å². The monoisotopic (exact) mass is 346 g/mol. The number of nitrogens with one attached hydrogen (secondary N) is 1. The van der Waals surface area contributed by atoms with Crippen LogP contribution in [0.2, 0.25) is 5.02 Å². The molecule has 0 saturated carbocycles. The lowest BCUT2D eigenvalue weighted by atomic mass is 10.1. The first-order valence-corrected chi connectivity index (χ1v) is 7.75. The summed E-state index contributed by atoms with van der Waals surface area (Å²) in [7, 11) is 3.37. The molecular weight excluding hydrogens is 328 g/mol. The highest BCUT2D eigenvalue weighted by Gasteiger charge is 2.14. The second-order valence-corrected chi connectivity index (χ2v) is 5.91. The molecular formula is C18H19ClN2O3. The molecule has 2 amide bonds. The van der Waals surface area contributed by atoms with E-state index in [0.29, 0.717) is 27.6 Å². The number of anilines is 1. The Morgan fingerprint density at radius 3 is 2.54 bits per heavy atom. The highest BCUT2D eigenvalue weighted by atomic mass is 35.5. The molecule has 2 aromatic rings. The summed E-state index contributed by atoms with van der Waals surface area (Å²) in [5, 5.41) is 3.30.